The van der Waals surface area contributed by atoms with Crippen LogP contribution >= 0.6 is 11.6 Å². The van der Waals surface area contributed by atoms with E-state index in [4.69, 9.17) is 17.5 Å². The van der Waals surface area contributed by atoms with Crippen molar-refractivity contribution in [3.63, 3.8) is 0 Å². The molecule has 0 radical (unpaired) electrons. The van der Waals surface area contributed by atoms with Crippen molar-refractivity contribution in [3.8, 4) is 5.75 Å². The summed E-state index contributed by atoms with van der Waals surface area (Å²) in [4.78, 5) is 4.43. The minimum Gasteiger partial charge on any atom is -0.506 e. The summed E-state index contributed by atoms with van der Waals surface area (Å²) in [6.45, 7) is 2.19. The van der Waals surface area contributed by atoms with Gasteiger partial charge in [-0.15, -0.1) is 0 Å². The molecule has 0 aliphatic rings. The van der Waals surface area contributed by atoms with Crippen molar-refractivity contribution in [2.45, 2.75) is 13.3 Å². The van der Waals surface area contributed by atoms with Crippen molar-refractivity contribution >= 4 is 11.6 Å². The van der Waals surface area contributed by atoms with Crippen LogP contribution in [-0.4, -0.2) is 11.7 Å². The molecule has 13 heavy (non-hydrogen) atoms. The Labute approximate surface area is 82.0 Å². The molecule has 4 heteroatoms. The molecule has 0 spiro atoms. The molecular formula is C9H12ClNO2. The number of phenols is 1. The first-order valence-corrected chi connectivity index (χ1v) is 4.33. The number of hydrogen-bond donors (Lipinski definition) is 2. The lowest BCUT2D eigenvalue weighted by molar-refractivity contribution is 0.141. The van der Waals surface area contributed by atoms with E-state index in [1.807, 2.05) is 12.1 Å². The summed E-state index contributed by atoms with van der Waals surface area (Å²) in [5, 5.41) is 9.87. The summed E-state index contributed by atoms with van der Waals surface area (Å²) < 4.78 is 0. The van der Waals surface area contributed by atoms with Crippen molar-refractivity contribution in [2.24, 2.45) is 5.90 Å². The van der Waals surface area contributed by atoms with E-state index < -0.39 is 0 Å². The summed E-state index contributed by atoms with van der Waals surface area (Å²) >= 11 is 5.89. The SMILES string of the molecule is Cc1ccc(CCON)c(Cl)c1O. The van der Waals surface area contributed by atoms with Gasteiger partial charge in [0.1, 0.15) is 5.75 Å². The normalized spacial score (nSPS) is 10.4. The van der Waals surface area contributed by atoms with Crippen molar-refractivity contribution in [3.05, 3.63) is 28.3 Å². The summed E-state index contributed by atoms with van der Waals surface area (Å²) in [5.41, 5.74) is 1.61. The largest absolute Gasteiger partial charge is 0.506 e. The van der Waals surface area contributed by atoms with Crippen LogP contribution in [0, 0.1) is 6.92 Å². The molecule has 1 aromatic carbocycles. The highest BCUT2D eigenvalue weighted by atomic mass is 35.5. The first-order chi connectivity index (χ1) is 6.16. The molecule has 1 rings (SSSR count). The minimum atomic E-state index is 0.135. The van der Waals surface area contributed by atoms with E-state index in [-0.39, 0.29) is 5.75 Å². The number of aryl methyl sites for hydroxylation is 1. The van der Waals surface area contributed by atoms with E-state index in [0.29, 0.717) is 18.1 Å². The lowest BCUT2D eigenvalue weighted by Gasteiger charge is -2.07. The van der Waals surface area contributed by atoms with Crippen LogP contribution < -0.4 is 5.90 Å². The maximum atomic E-state index is 9.48. The number of nitrogens with two attached hydrogens (primary N) is 1. The molecule has 0 heterocycles. The number of hydrogen-bond acceptors (Lipinski definition) is 3. The third kappa shape index (κ3) is 2.34. The maximum absolute atomic E-state index is 9.48. The fourth-order valence-electron chi connectivity index (χ4n) is 1.06. The Morgan fingerprint density at radius 1 is 1.54 bits per heavy atom. The van der Waals surface area contributed by atoms with Crippen molar-refractivity contribution in [1.29, 1.82) is 0 Å². The van der Waals surface area contributed by atoms with E-state index >= 15 is 0 Å². The van der Waals surface area contributed by atoms with Gasteiger partial charge < -0.3 is 9.94 Å². The van der Waals surface area contributed by atoms with Crippen LogP contribution in [0.5, 0.6) is 5.75 Å². The molecule has 0 amide bonds. The molecule has 0 aromatic heterocycles. The van der Waals surface area contributed by atoms with Gasteiger partial charge in [-0.3, -0.25) is 0 Å². The number of rotatable bonds is 3. The molecule has 72 valence electrons. The number of halogens is 1. The third-order valence-electron chi connectivity index (χ3n) is 1.89. The Balaban J connectivity index is 2.90. The van der Waals surface area contributed by atoms with Crippen molar-refractivity contribution in [2.75, 3.05) is 6.61 Å². The van der Waals surface area contributed by atoms with Crippen LogP contribution in [0.4, 0.5) is 0 Å². The van der Waals surface area contributed by atoms with Gasteiger partial charge in [0.15, 0.2) is 0 Å². The maximum Gasteiger partial charge on any atom is 0.137 e. The van der Waals surface area contributed by atoms with E-state index in [1.54, 1.807) is 6.92 Å². The summed E-state index contributed by atoms with van der Waals surface area (Å²) in [6, 6.07) is 3.67. The highest BCUT2D eigenvalue weighted by molar-refractivity contribution is 6.32. The van der Waals surface area contributed by atoms with Gasteiger partial charge in [-0.25, -0.2) is 5.90 Å². The van der Waals surface area contributed by atoms with Gasteiger partial charge in [0.05, 0.1) is 11.6 Å². The summed E-state index contributed by atoms with van der Waals surface area (Å²) in [6.07, 6.45) is 0.600. The predicted octanol–water partition coefficient (Wildman–Crippen LogP) is 1.79. The lowest BCUT2D eigenvalue weighted by Crippen LogP contribution is -2.04. The van der Waals surface area contributed by atoms with Gasteiger partial charge in [0, 0.05) is 0 Å². The second kappa shape index (κ2) is 4.46. The zero-order chi connectivity index (χ0) is 9.84. The molecule has 0 saturated carbocycles. The number of phenolic OH excluding ortho intramolecular Hbond substituents is 1. The van der Waals surface area contributed by atoms with Gasteiger partial charge in [-0.2, -0.15) is 0 Å². The number of benzene rings is 1. The van der Waals surface area contributed by atoms with Crippen molar-refractivity contribution in [1.82, 2.24) is 0 Å². The average Bonchev–Trinajstić information content (AvgIpc) is 2.13. The Kier molecular flexibility index (Phi) is 3.54. The topological polar surface area (TPSA) is 55.5 Å². The Morgan fingerprint density at radius 3 is 2.85 bits per heavy atom. The number of aromatic hydroxyl groups is 1. The van der Waals surface area contributed by atoms with Crippen LogP contribution in [0.3, 0.4) is 0 Å². The average molecular weight is 202 g/mol. The molecule has 3 N–H and O–H groups in total. The highest BCUT2D eigenvalue weighted by Gasteiger charge is 2.07. The molecule has 0 bridgehead atoms. The molecule has 0 saturated heterocycles. The first kappa shape index (κ1) is 10.3. The molecule has 0 unspecified atom stereocenters. The van der Waals surface area contributed by atoms with E-state index in [2.05, 4.69) is 4.84 Å². The van der Waals surface area contributed by atoms with Crippen LogP contribution in [0.2, 0.25) is 5.02 Å². The third-order valence-corrected chi connectivity index (χ3v) is 2.31. The van der Waals surface area contributed by atoms with Gasteiger partial charge in [0.25, 0.3) is 0 Å². The molecule has 3 nitrogen and oxygen atoms in total. The van der Waals surface area contributed by atoms with E-state index in [0.717, 1.165) is 11.1 Å². The zero-order valence-electron chi connectivity index (χ0n) is 7.38. The molecular weight excluding hydrogens is 190 g/mol. The monoisotopic (exact) mass is 201 g/mol. The second-order valence-corrected chi connectivity index (χ2v) is 3.20. The van der Waals surface area contributed by atoms with Crippen molar-refractivity contribution < 1.29 is 9.94 Å². The quantitative estimate of drug-likeness (QED) is 0.734. The smallest absolute Gasteiger partial charge is 0.137 e. The van der Waals surface area contributed by atoms with Crippen LogP contribution in [0.1, 0.15) is 11.1 Å². The molecule has 0 atom stereocenters. The molecule has 0 aliphatic carbocycles. The Hall–Kier alpha value is -0.770. The fourth-order valence-corrected chi connectivity index (χ4v) is 1.37. The van der Waals surface area contributed by atoms with E-state index in [9.17, 15) is 5.11 Å². The Morgan fingerprint density at radius 2 is 2.23 bits per heavy atom. The standard InChI is InChI=1S/C9H12ClNO2/c1-6-2-3-7(4-5-13-11)8(10)9(6)12/h2-3,12H,4-5,11H2,1H3. The van der Waals surface area contributed by atoms with Crippen LogP contribution in [0.15, 0.2) is 12.1 Å². The first-order valence-electron chi connectivity index (χ1n) is 3.95. The summed E-state index contributed by atoms with van der Waals surface area (Å²) in [7, 11) is 0. The van der Waals surface area contributed by atoms with Crippen LogP contribution in [-0.2, 0) is 11.3 Å². The van der Waals surface area contributed by atoms with Gasteiger partial charge in [-0.1, -0.05) is 23.7 Å². The van der Waals surface area contributed by atoms with E-state index in [1.165, 1.54) is 0 Å². The Bertz CT molecular complexity index is 302. The fraction of sp³-hybridized carbons (Fsp3) is 0.333. The predicted molar refractivity (Wildman–Crippen MR) is 51.7 cm³/mol. The molecule has 0 aliphatic heterocycles. The zero-order valence-corrected chi connectivity index (χ0v) is 8.14. The molecule has 1 aromatic rings. The molecule has 0 fully saturated rings. The minimum absolute atomic E-state index is 0.135. The van der Waals surface area contributed by atoms with Gasteiger partial charge in [0.2, 0.25) is 0 Å². The highest BCUT2D eigenvalue weighted by Crippen LogP contribution is 2.30. The second-order valence-electron chi connectivity index (χ2n) is 2.82. The van der Waals surface area contributed by atoms with Gasteiger partial charge >= 0.3 is 0 Å². The summed E-state index contributed by atoms with van der Waals surface area (Å²) in [5.74, 6) is 5.02. The lowest BCUT2D eigenvalue weighted by atomic mass is 10.1. The van der Waals surface area contributed by atoms with Gasteiger partial charge in [-0.05, 0) is 24.5 Å². The van der Waals surface area contributed by atoms with Crippen LogP contribution in [0.25, 0.3) is 0 Å².